The van der Waals surface area contributed by atoms with Gasteiger partial charge in [-0.3, -0.25) is 14.4 Å². The number of aliphatic carboxylic acids is 1. The van der Waals surface area contributed by atoms with Crippen molar-refractivity contribution in [3.05, 3.63) is 75.7 Å². The monoisotopic (exact) mass is 395 g/mol. The van der Waals surface area contributed by atoms with Gasteiger partial charge in [-0.1, -0.05) is 18.2 Å². The average Bonchev–Trinajstić information content (AvgIpc) is 2.64. The van der Waals surface area contributed by atoms with Crippen LogP contribution in [0.5, 0.6) is 11.5 Å². The number of phenols is 1. The lowest BCUT2D eigenvalue weighted by molar-refractivity contribution is -0.136. The molecule has 0 saturated heterocycles. The van der Waals surface area contributed by atoms with Crippen LogP contribution in [0.1, 0.15) is 21.6 Å². The van der Waals surface area contributed by atoms with E-state index in [0.717, 1.165) is 16.3 Å². The lowest BCUT2D eigenvalue weighted by Gasteiger charge is -2.11. The van der Waals surface area contributed by atoms with E-state index in [1.807, 2.05) is 13.0 Å². The summed E-state index contributed by atoms with van der Waals surface area (Å²) in [5.74, 6) is -2.87. The Labute approximate surface area is 164 Å². The predicted molar refractivity (Wildman–Crippen MR) is 104 cm³/mol. The van der Waals surface area contributed by atoms with Crippen LogP contribution < -0.4 is 10.9 Å². The zero-order valence-corrected chi connectivity index (χ0v) is 15.3. The Kier molecular flexibility index (Phi) is 5.31. The van der Waals surface area contributed by atoms with Crippen molar-refractivity contribution in [2.45, 2.75) is 13.3 Å². The zero-order valence-electron chi connectivity index (χ0n) is 15.3. The van der Waals surface area contributed by atoms with E-state index >= 15 is 0 Å². The van der Waals surface area contributed by atoms with E-state index in [1.54, 1.807) is 18.2 Å². The number of carbonyl (C=O) groups excluding carboxylic acids is 1. The fourth-order valence-corrected chi connectivity index (χ4v) is 2.70. The topological polar surface area (TPSA) is 142 Å². The summed E-state index contributed by atoms with van der Waals surface area (Å²) in [4.78, 5) is 35.7. The van der Waals surface area contributed by atoms with Crippen molar-refractivity contribution in [1.82, 2.24) is 9.78 Å². The molecule has 0 unspecified atom stereocenters. The summed E-state index contributed by atoms with van der Waals surface area (Å²) in [6, 6.07) is 11.7. The van der Waals surface area contributed by atoms with Crippen LogP contribution in [0, 0.1) is 6.92 Å². The maximum Gasteiger partial charge on any atom is 0.307 e. The lowest BCUT2D eigenvalue weighted by atomic mass is 10.1. The van der Waals surface area contributed by atoms with Gasteiger partial charge in [0.05, 0.1) is 17.8 Å². The zero-order chi connectivity index (χ0) is 21.1. The molecule has 0 fully saturated rings. The Morgan fingerprint density at radius 3 is 2.52 bits per heavy atom. The van der Waals surface area contributed by atoms with E-state index in [2.05, 4.69) is 10.4 Å². The summed E-state index contributed by atoms with van der Waals surface area (Å²) in [5.41, 5.74) is 0.520. The van der Waals surface area contributed by atoms with Gasteiger partial charge in [0.25, 0.3) is 11.5 Å². The Morgan fingerprint density at radius 1 is 1.07 bits per heavy atom. The molecule has 9 nitrogen and oxygen atoms in total. The molecule has 148 valence electrons. The summed E-state index contributed by atoms with van der Waals surface area (Å²) in [7, 11) is 0. The van der Waals surface area contributed by atoms with Crippen molar-refractivity contribution in [3.8, 4) is 17.2 Å². The van der Waals surface area contributed by atoms with Crippen LogP contribution in [-0.4, -0.2) is 37.0 Å². The molecule has 0 aliphatic carbocycles. The molecule has 1 amide bonds. The number of aromatic nitrogens is 2. The summed E-state index contributed by atoms with van der Waals surface area (Å²) in [5, 5.41) is 35.2. The minimum Gasteiger partial charge on any atom is -0.506 e. The molecule has 1 heterocycles. The first kappa shape index (κ1) is 19.6. The van der Waals surface area contributed by atoms with Gasteiger partial charge in [0.1, 0.15) is 5.75 Å². The third kappa shape index (κ3) is 4.41. The molecule has 0 radical (unpaired) electrons. The largest absolute Gasteiger partial charge is 0.506 e. The third-order valence-electron chi connectivity index (χ3n) is 4.04. The Bertz CT molecular complexity index is 1170. The van der Waals surface area contributed by atoms with Gasteiger partial charge in [-0.05, 0) is 42.3 Å². The number of anilines is 1. The summed E-state index contributed by atoms with van der Waals surface area (Å²) >= 11 is 0. The number of nitrogens with zero attached hydrogens (tertiary/aromatic N) is 2. The van der Waals surface area contributed by atoms with Crippen LogP contribution >= 0.6 is 0 Å². The molecule has 0 atom stereocenters. The lowest BCUT2D eigenvalue weighted by Crippen LogP contribution is -2.25. The van der Waals surface area contributed by atoms with Gasteiger partial charge in [0.2, 0.25) is 0 Å². The molecule has 2 aromatic carbocycles. The highest BCUT2D eigenvalue weighted by molar-refractivity contribution is 6.05. The highest BCUT2D eigenvalue weighted by Crippen LogP contribution is 2.26. The quantitative estimate of drug-likeness (QED) is 0.483. The van der Waals surface area contributed by atoms with E-state index in [4.69, 9.17) is 5.11 Å². The number of hydrogen-bond acceptors (Lipinski definition) is 6. The van der Waals surface area contributed by atoms with E-state index in [1.165, 1.54) is 18.2 Å². The number of carboxylic acids is 1. The summed E-state index contributed by atoms with van der Waals surface area (Å²) in [6.07, 6.45) is -0.301. The molecule has 9 heteroatoms. The normalized spacial score (nSPS) is 10.5. The number of carbonyl (C=O) groups is 2. The average molecular weight is 395 g/mol. The van der Waals surface area contributed by atoms with E-state index < -0.39 is 28.9 Å². The van der Waals surface area contributed by atoms with Crippen molar-refractivity contribution in [1.29, 1.82) is 0 Å². The van der Waals surface area contributed by atoms with Gasteiger partial charge >= 0.3 is 5.97 Å². The Hall–Kier alpha value is -4.14. The first-order chi connectivity index (χ1) is 13.7. The second-order valence-corrected chi connectivity index (χ2v) is 6.34. The van der Waals surface area contributed by atoms with Gasteiger partial charge in [0.15, 0.2) is 11.4 Å². The minimum absolute atomic E-state index is 0.0525. The number of benzene rings is 2. The first-order valence-electron chi connectivity index (χ1n) is 8.50. The standard InChI is InChI=1S/C20H17N3O6/c1-11-3-2-4-13(7-11)23-17(26)10-16(25)19(22-23)20(29)21-14-8-12(9-18(27)28)5-6-15(14)24/h2-8,10,24-25H,9H2,1H3,(H,21,29)(H,27,28). The number of nitrogens with one attached hydrogen (secondary N) is 1. The molecule has 0 aliphatic heterocycles. The molecule has 3 rings (SSSR count). The maximum atomic E-state index is 12.6. The van der Waals surface area contributed by atoms with Crippen LogP contribution in [0.4, 0.5) is 5.69 Å². The predicted octanol–water partition coefficient (Wildman–Crippen LogP) is 1.83. The number of phenolic OH excluding ortho intramolecular Hbond substituents is 1. The number of rotatable bonds is 5. The number of carboxylic acid groups (broad SMARTS) is 1. The first-order valence-corrected chi connectivity index (χ1v) is 8.50. The van der Waals surface area contributed by atoms with E-state index in [9.17, 15) is 24.6 Å². The molecule has 1 aromatic heterocycles. The molecule has 3 aromatic rings. The highest BCUT2D eigenvalue weighted by atomic mass is 16.4. The van der Waals surface area contributed by atoms with Crippen LogP contribution in [0.3, 0.4) is 0 Å². The molecular weight excluding hydrogens is 378 g/mol. The number of aromatic hydroxyl groups is 2. The summed E-state index contributed by atoms with van der Waals surface area (Å²) in [6.45, 7) is 1.83. The van der Waals surface area contributed by atoms with Crippen LogP contribution in [0.2, 0.25) is 0 Å². The minimum atomic E-state index is -1.07. The van der Waals surface area contributed by atoms with Crippen LogP contribution in [0.15, 0.2) is 53.3 Å². The second kappa shape index (κ2) is 7.85. The number of amides is 1. The van der Waals surface area contributed by atoms with Gasteiger partial charge in [0, 0.05) is 6.07 Å². The highest BCUT2D eigenvalue weighted by Gasteiger charge is 2.19. The number of aryl methyl sites for hydroxylation is 1. The van der Waals surface area contributed by atoms with E-state index in [0.29, 0.717) is 11.3 Å². The van der Waals surface area contributed by atoms with Crippen LogP contribution in [-0.2, 0) is 11.2 Å². The van der Waals surface area contributed by atoms with E-state index in [-0.39, 0.29) is 17.9 Å². The summed E-state index contributed by atoms with van der Waals surface area (Å²) < 4.78 is 0.975. The van der Waals surface area contributed by atoms with Gasteiger partial charge in [-0.2, -0.15) is 9.78 Å². The molecule has 0 saturated carbocycles. The van der Waals surface area contributed by atoms with Crippen molar-refractivity contribution >= 4 is 17.6 Å². The van der Waals surface area contributed by atoms with Gasteiger partial charge in [-0.25, -0.2) is 0 Å². The van der Waals surface area contributed by atoms with Gasteiger partial charge in [-0.15, -0.1) is 0 Å². The Balaban J connectivity index is 1.97. The second-order valence-electron chi connectivity index (χ2n) is 6.34. The molecular formula is C20H17N3O6. The fourth-order valence-electron chi connectivity index (χ4n) is 2.70. The van der Waals surface area contributed by atoms with Crippen molar-refractivity contribution < 1.29 is 24.9 Å². The van der Waals surface area contributed by atoms with Crippen molar-refractivity contribution in [2.75, 3.05) is 5.32 Å². The fraction of sp³-hybridized carbons (Fsp3) is 0.100. The van der Waals surface area contributed by atoms with Crippen molar-refractivity contribution in [2.24, 2.45) is 0 Å². The SMILES string of the molecule is Cc1cccc(-n2nc(C(=O)Nc3cc(CC(=O)O)ccc3O)c(O)cc2=O)c1. The smallest absolute Gasteiger partial charge is 0.307 e. The molecule has 0 spiro atoms. The number of hydrogen-bond donors (Lipinski definition) is 4. The van der Waals surface area contributed by atoms with Gasteiger partial charge < -0.3 is 20.6 Å². The molecule has 0 bridgehead atoms. The third-order valence-corrected chi connectivity index (χ3v) is 4.04. The Morgan fingerprint density at radius 2 is 1.83 bits per heavy atom. The van der Waals surface area contributed by atoms with Crippen molar-refractivity contribution in [3.63, 3.8) is 0 Å². The maximum absolute atomic E-state index is 12.6. The molecule has 29 heavy (non-hydrogen) atoms. The molecule has 0 aliphatic rings. The van der Waals surface area contributed by atoms with Crippen LogP contribution in [0.25, 0.3) is 5.69 Å². The molecule has 4 N–H and O–H groups in total.